The maximum absolute atomic E-state index is 12.8. The Balaban J connectivity index is 2.09. The molecule has 3 rings (SSSR count). The van der Waals surface area contributed by atoms with Gasteiger partial charge in [0.15, 0.2) is 11.8 Å². The van der Waals surface area contributed by atoms with Crippen molar-refractivity contribution in [2.45, 2.75) is 20.0 Å². The van der Waals surface area contributed by atoms with Gasteiger partial charge in [0, 0.05) is 11.9 Å². The molecule has 0 radical (unpaired) electrons. The summed E-state index contributed by atoms with van der Waals surface area (Å²) in [7, 11) is 0. The van der Waals surface area contributed by atoms with Gasteiger partial charge in [0.25, 0.3) is 11.5 Å². The third kappa shape index (κ3) is 3.72. The van der Waals surface area contributed by atoms with Gasteiger partial charge in [0.2, 0.25) is 0 Å². The van der Waals surface area contributed by atoms with Crippen molar-refractivity contribution in [3.8, 4) is 5.69 Å². The van der Waals surface area contributed by atoms with E-state index < -0.39 is 18.0 Å². The van der Waals surface area contributed by atoms with Crippen molar-refractivity contribution >= 4 is 22.6 Å². The van der Waals surface area contributed by atoms with Crippen LogP contribution in [0.25, 0.3) is 16.5 Å². The van der Waals surface area contributed by atoms with E-state index in [1.54, 1.807) is 55.5 Å². The molecule has 1 amide bonds. The minimum atomic E-state index is -0.977. The van der Waals surface area contributed by atoms with Crippen LogP contribution in [0.5, 0.6) is 0 Å². The summed E-state index contributed by atoms with van der Waals surface area (Å²) in [6.07, 6.45) is -0.977. The number of para-hydroxylation sites is 1. The Morgan fingerprint density at radius 1 is 1.07 bits per heavy atom. The van der Waals surface area contributed by atoms with Crippen LogP contribution in [0.2, 0.25) is 0 Å². The Hall–Kier alpha value is -3.48. The fraction of sp³-hybridized carbons (Fsp3) is 0.200. The molecule has 1 N–H and O–H groups in total. The highest BCUT2D eigenvalue weighted by molar-refractivity contribution is 6.03. The molecule has 1 atom stereocenters. The summed E-state index contributed by atoms with van der Waals surface area (Å²) in [5.74, 6) is -1.17. The van der Waals surface area contributed by atoms with Gasteiger partial charge in [-0.05, 0) is 32.0 Å². The van der Waals surface area contributed by atoms with Crippen LogP contribution in [0.15, 0.2) is 59.4 Å². The largest absolute Gasteiger partial charge is 0.448 e. The predicted octanol–water partition coefficient (Wildman–Crippen LogP) is 2.07. The molecular weight excluding hydrogens is 346 g/mol. The van der Waals surface area contributed by atoms with E-state index in [-0.39, 0.29) is 11.3 Å². The smallest absolute Gasteiger partial charge is 0.360 e. The van der Waals surface area contributed by atoms with E-state index in [0.717, 1.165) is 4.68 Å². The molecule has 0 bridgehead atoms. The summed E-state index contributed by atoms with van der Waals surface area (Å²) in [5.41, 5.74) is 0.161. The molecule has 0 aliphatic heterocycles. The van der Waals surface area contributed by atoms with E-state index >= 15 is 0 Å². The van der Waals surface area contributed by atoms with Gasteiger partial charge in [-0.25, -0.2) is 4.79 Å². The fourth-order valence-corrected chi connectivity index (χ4v) is 2.67. The van der Waals surface area contributed by atoms with Crippen molar-refractivity contribution in [2.24, 2.45) is 0 Å². The van der Waals surface area contributed by atoms with Gasteiger partial charge in [-0.1, -0.05) is 36.4 Å². The fourth-order valence-electron chi connectivity index (χ4n) is 2.67. The SMILES string of the molecule is CCNC(=O)[C@@H](C)OC(=O)c1nn(-c2ccccc2)c(=O)c2ccccc12. The molecule has 1 aromatic heterocycles. The van der Waals surface area contributed by atoms with Gasteiger partial charge in [0.05, 0.1) is 11.1 Å². The number of nitrogens with one attached hydrogen (secondary N) is 1. The van der Waals surface area contributed by atoms with Gasteiger partial charge in [-0.3, -0.25) is 9.59 Å². The maximum atomic E-state index is 12.8. The number of fused-ring (bicyclic) bond motifs is 1. The Morgan fingerprint density at radius 3 is 2.37 bits per heavy atom. The van der Waals surface area contributed by atoms with Crippen LogP contribution in [-0.4, -0.2) is 34.3 Å². The van der Waals surface area contributed by atoms with Crippen LogP contribution in [-0.2, 0) is 9.53 Å². The number of ether oxygens (including phenoxy) is 1. The van der Waals surface area contributed by atoms with E-state index in [1.165, 1.54) is 6.92 Å². The molecule has 0 saturated heterocycles. The molecule has 27 heavy (non-hydrogen) atoms. The monoisotopic (exact) mass is 365 g/mol. The van der Waals surface area contributed by atoms with Crippen LogP contribution in [0.4, 0.5) is 0 Å². The standard InChI is InChI=1S/C20H19N3O4/c1-3-21-18(24)13(2)27-20(26)17-15-11-7-8-12-16(15)19(25)23(22-17)14-9-5-4-6-10-14/h4-13H,3H2,1-2H3,(H,21,24)/t13-/m1/s1. The lowest BCUT2D eigenvalue weighted by Gasteiger charge is -2.14. The Kier molecular flexibility index (Phi) is 5.30. The number of hydrogen-bond acceptors (Lipinski definition) is 5. The molecule has 3 aromatic rings. The number of carbonyl (C=O) groups is 2. The molecular formula is C20H19N3O4. The lowest BCUT2D eigenvalue weighted by Crippen LogP contribution is -2.36. The first-order valence-electron chi connectivity index (χ1n) is 8.59. The third-order valence-corrected chi connectivity index (χ3v) is 4.00. The number of aromatic nitrogens is 2. The number of hydrogen-bond donors (Lipinski definition) is 1. The van der Waals surface area contributed by atoms with Crippen molar-refractivity contribution in [3.63, 3.8) is 0 Å². The number of nitrogens with zero attached hydrogens (tertiary/aromatic N) is 2. The summed E-state index contributed by atoms with van der Waals surface area (Å²) in [5, 5.41) is 7.54. The Labute approximate surface area is 155 Å². The number of rotatable bonds is 5. The van der Waals surface area contributed by atoms with E-state index in [4.69, 9.17) is 4.74 Å². The summed E-state index contributed by atoms with van der Waals surface area (Å²) >= 11 is 0. The van der Waals surface area contributed by atoms with E-state index in [9.17, 15) is 14.4 Å². The summed E-state index contributed by atoms with van der Waals surface area (Å²) in [6.45, 7) is 3.69. The third-order valence-electron chi connectivity index (χ3n) is 4.00. The predicted molar refractivity (Wildman–Crippen MR) is 101 cm³/mol. The first-order valence-corrected chi connectivity index (χ1v) is 8.59. The number of likely N-dealkylation sites (N-methyl/N-ethyl adjacent to an activating group) is 1. The molecule has 0 unspecified atom stereocenters. The quantitative estimate of drug-likeness (QED) is 0.699. The van der Waals surface area contributed by atoms with E-state index in [1.807, 2.05) is 6.07 Å². The molecule has 138 valence electrons. The van der Waals surface area contributed by atoms with Crippen LogP contribution in [0.3, 0.4) is 0 Å². The average Bonchev–Trinajstić information content (AvgIpc) is 2.69. The molecule has 7 nitrogen and oxygen atoms in total. The second-order valence-electron chi connectivity index (χ2n) is 5.89. The average molecular weight is 365 g/mol. The minimum absolute atomic E-state index is 0.0230. The second-order valence-corrected chi connectivity index (χ2v) is 5.89. The highest BCUT2D eigenvalue weighted by Gasteiger charge is 2.23. The van der Waals surface area contributed by atoms with E-state index in [2.05, 4.69) is 10.4 Å². The number of benzene rings is 2. The highest BCUT2D eigenvalue weighted by Crippen LogP contribution is 2.16. The second kappa shape index (κ2) is 7.82. The number of amides is 1. The lowest BCUT2D eigenvalue weighted by atomic mass is 10.1. The Morgan fingerprint density at radius 2 is 1.70 bits per heavy atom. The zero-order valence-electron chi connectivity index (χ0n) is 15.0. The van der Waals surface area contributed by atoms with Gasteiger partial charge in [-0.15, -0.1) is 0 Å². The van der Waals surface area contributed by atoms with Crippen molar-refractivity contribution in [3.05, 3.63) is 70.6 Å². The van der Waals surface area contributed by atoms with Crippen molar-refractivity contribution in [1.82, 2.24) is 15.1 Å². The molecule has 0 saturated carbocycles. The zero-order chi connectivity index (χ0) is 19.4. The molecule has 7 heteroatoms. The van der Waals surface area contributed by atoms with Crippen molar-refractivity contribution in [2.75, 3.05) is 6.54 Å². The van der Waals surface area contributed by atoms with Gasteiger partial charge in [-0.2, -0.15) is 9.78 Å². The number of esters is 1. The van der Waals surface area contributed by atoms with Gasteiger partial charge >= 0.3 is 5.97 Å². The van der Waals surface area contributed by atoms with Gasteiger partial charge < -0.3 is 10.1 Å². The topological polar surface area (TPSA) is 90.3 Å². The van der Waals surface area contributed by atoms with Crippen LogP contribution in [0, 0.1) is 0 Å². The van der Waals surface area contributed by atoms with Crippen LogP contribution < -0.4 is 10.9 Å². The molecule has 0 spiro atoms. The Bertz CT molecular complexity index is 1040. The van der Waals surface area contributed by atoms with Crippen molar-refractivity contribution in [1.29, 1.82) is 0 Å². The summed E-state index contributed by atoms with van der Waals surface area (Å²) in [6, 6.07) is 15.5. The summed E-state index contributed by atoms with van der Waals surface area (Å²) in [4.78, 5) is 37.3. The van der Waals surface area contributed by atoms with Crippen molar-refractivity contribution < 1.29 is 14.3 Å². The normalized spacial score (nSPS) is 11.8. The lowest BCUT2D eigenvalue weighted by molar-refractivity contribution is -0.128. The maximum Gasteiger partial charge on any atom is 0.360 e. The zero-order valence-corrected chi connectivity index (χ0v) is 15.0. The first-order chi connectivity index (χ1) is 13.0. The van der Waals surface area contributed by atoms with Crippen LogP contribution >= 0.6 is 0 Å². The molecule has 0 aliphatic carbocycles. The molecule has 0 fully saturated rings. The number of carbonyl (C=O) groups excluding carboxylic acids is 2. The minimum Gasteiger partial charge on any atom is -0.448 e. The molecule has 0 aliphatic rings. The van der Waals surface area contributed by atoms with Crippen LogP contribution in [0.1, 0.15) is 24.3 Å². The molecule has 1 heterocycles. The van der Waals surface area contributed by atoms with E-state index in [0.29, 0.717) is 23.0 Å². The summed E-state index contributed by atoms with van der Waals surface area (Å²) < 4.78 is 6.42. The molecule has 2 aromatic carbocycles. The van der Waals surface area contributed by atoms with Gasteiger partial charge in [0.1, 0.15) is 0 Å². The highest BCUT2D eigenvalue weighted by atomic mass is 16.5. The first kappa shape index (κ1) is 18.3.